The van der Waals surface area contributed by atoms with Crippen molar-refractivity contribution in [1.29, 1.82) is 0 Å². The van der Waals surface area contributed by atoms with Crippen LogP contribution in [0.5, 0.6) is 0 Å². The van der Waals surface area contributed by atoms with Gasteiger partial charge in [-0.15, -0.1) is 0 Å². The van der Waals surface area contributed by atoms with Gasteiger partial charge in [-0.3, -0.25) is 0 Å². The molecule has 1 N–H and O–H groups in total. The van der Waals surface area contributed by atoms with Gasteiger partial charge in [0.05, 0.1) is 21.7 Å². The van der Waals surface area contributed by atoms with E-state index in [-0.39, 0.29) is 6.04 Å². The molecule has 21 heavy (non-hydrogen) atoms. The fourth-order valence-electron chi connectivity index (χ4n) is 2.47. The molecule has 0 aromatic heterocycles. The zero-order chi connectivity index (χ0) is 15.2. The number of benzene rings is 2. The van der Waals surface area contributed by atoms with Crippen LogP contribution in [0.2, 0.25) is 10.0 Å². The summed E-state index contributed by atoms with van der Waals surface area (Å²) in [5, 5.41) is 4.09. The second kappa shape index (κ2) is 5.11. The van der Waals surface area contributed by atoms with E-state index in [4.69, 9.17) is 23.2 Å². The molecular weight excluding hydrogens is 322 g/mol. The summed E-state index contributed by atoms with van der Waals surface area (Å²) in [5.74, 6) is 0. The number of fused-ring (bicyclic) bond motifs is 1. The van der Waals surface area contributed by atoms with Gasteiger partial charge in [0.15, 0.2) is 0 Å². The molecule has 0 bridgehead atoms. The van der Waals surface area contributed by atoms with Crippen molar-refractivity contribution in [1.82, 2.24) is 0 Å². The van der Waals surface area contributed by atoms with Crippen molar-refractivity contribution in [2.45, 2.75) is 18.6 Å². The zero-order valence-electron chi connectivity index (χ0n) is 10.6. The van der Waals surface area contributed by atoms with Crippen LogP contribution in [0.3, 0.4) is 0 Å². The highest BCUT2D eigenvalue weighted by molar-refractivity contribution is 6.42. The number of nitrogens with one attached hydrogen (secondary N) is 1. The predicted octanol–water partition coefficient (Wildman–Crippen LogP) is 5.72. The van der Waals surface area contributed by atoms with E-state index < -0.39 is 11.7 Å². The molecule has 0 saturated heterocycles. The number of alkyl halides is 3. The third-order valence-electron chi connectivity index (χ3n) is 3.53. The highest BCUT2D eigenvalue weighted by Gasteiger charge is 2.32. The Morgan fingerprint density at radius 3 is 2.43 bits per heavy atom. The van der Waals surface area contributed by atoms with E-state index >= 15 is 0 Å². The second-order valence-electron chi connectivity index (χ2n) is 4.94. The second-order valence-corrected chi connectivity index (χ2v) is 5.76. The molecule has 1 atom stereocenters. The van der Waals surface area contributed by atoms with E-state index in [0.29, 0.717) is 22.0 Å². The molecule has 0 amide bonds. The first kappa shape index (κ1) is 14.5. The van der Waals surface area contributed by atoms with Crippen LogP contribution in [-0.2, 0) is 12.6 Å². The van der Waals surface area contributed by atoms with Crippen molar-refractivity contribution in [2.75, 3.05) is 5.32 Å². The Balaban J connectivity index is 1.89. The Bertz CT molecular complexity index is 698. The van der Waals surface area contributed by atoms with Gasteiger partial charge in [0.2, 0.25) is 0 Å². The highest BCUT2D eigenvalue weighted by atomic mass is 35.5. The number of halogens is 5. The van der Waals surface area contributed by atoms with Crippen LogP contribution in [-0.4, -0.2) is 0 Å². The number of anilines is 1. The Hall–Kier alpha value is -1.39. The van der Waals surface area contributed by atoms with Crippen LogP contribution < -0.4 is 5.32 Å². The average molecular weight is 332 g/mol. The van der Waals surface area contributed by atoms with Crippen LogP contribution in [0.4, 0.5) is 18.9 Å². The fraction of sp³-hybridized carbons (Fsp3) is 0.200. The quantitative estimate of drug-likeness (QED) is 0.704. The molecule has 2 aromatic rings. The summed E-state index contributed by atoms with van der Waals surface area (Å²) < 4.78 is 38.2. The van der Waals surface area contributed by atoms with Gasteiger partial charge in [-0.2, -0.15) is 13.2 Å². The summed E-state index contributed by atoms with van der Waals surface area (Å²) in [6.07, 6.45) is -3.84. The molecule has 0 radical (unpaired) electrons. The molecule has 1 aliphatic heterocycles. The molecule has 0 saturated carbocycles. The van der Waals surface area contributed by atoms with Gasteiger partial charge in [-0.1, -0.05) is 29.3 Å². The molecule has 1 nitrogen and oxygen atoms in total. The van der Waals surface area contributed by atoms with E-state index in [1.807, 2.05) is 6.07 Å². The van der Waals surface area contributed by atoms with Crippen LogP contribution in [0.25, 0.3) is 0 Å². The van der Waals surface area contributed by atoms with E-state index in [1.165, 1.54) is 12.1 Å². The first-order valence-electron chi connectivity index (χ1n) is 6.26. The zero-order valence-corrected chi connectivity index (χ0v) is 12.2. The van der Waals surface area contributed by atoms with E-state index in [0.717, 1.165) is 17.3 Å². The molecule has 110 valence electrons. The van der Waals surface area contributed by atoms with Crippen molar-refractivity contribution >= 4 is 28.9 Å². The van der Waals surface area contributed by atoms with Crippen LogP contribution >= 0.6 is 23.2 Å². The maximum Gasteiger partial charge on any atom is 0.416 e. The van der Waals surface area contributed by atoms with Gasteiger partial charge in [0.1, 0.15) is 0 Å². The molecule has 1 aliphatic rings. The van der Waals surface area contributed by atoms with Crippen molar-refractivity contribution in [2.24, 2.45) is 0 Å². The van der Waals surface area contributed by atoms with Crippen LogP contribution in [0.15, 0.2) is 36.4 Å². The van der Waals surface area contributed by atoms with Crippen molar-refractivity contribution in [3.63, 3.8) is 0 Å². The summed E-state index contributed by atoms with van der Waals surface area (Å²) in [6, 6.07) is 8.89. The lowest BCUT2D eigenvalue weighted by molar-refractivity contribution is -0.137. The highest BCUT2D eigenvalue weighted by Crippen LogP contribution is 2.39. The summed E-state index contributed by atoms with van der Waals surface area (Å²) in [7, 11) is 0. The lowest BCUT2D eigenvalue weighted by Gasteiger charge is -2.12. The summed E-state index contributed by atoms with van der Waals surface area (Å²) in [6.45, 7) is 0. The van der Waals surface area contributed by atoms with Crippen LogP contribution in [0, 0.1) is 0 Å². The minimum Gasteiger partial charge on any atom is -0.378 e. The lowest BCUT2D eigenvalue weighted by atomic mass is 10.0. The molecular formula is C15H10Cl2F3N. The van der Waals surface area contributed by atoms with Crippen molar-refractivity contribution < 1.29 is 13.2 Å². The van der Waals surface area contributed by atoms with Gasteiger partial charge in [-0.25, -0.2) is 0 Å². The third kappa shape index (κ3) is 2.83. The molecule has 0 aliphatic carbocycles. The molecule has 6 heteroatoms. The topological polar surface area (TPSA) is 12.0 Å². The minimum absolute atomic E-state index is 0.0988. The summed E-state index contributed by atoms with van der Waals surface area (Å²) in [4.78, 5) is 0. The first-order valence-corrected chi connectivity index (χ1v) is 7.02. The maximum absolute atomic E-state index is 12.7. The van der Waals surface area contributed by atoms with Gasteiger partial charge < -0.3 is 5.32 Å². The van der Waals surface area contributed by atoms with Crippen molar-refractivity contribution in [3.05, 3.63) is 63.1 Å². The minimum atomic E-state index is -4.32. The van der Waals surface area contributed by atoms with Gasteiger partial charge in [-0.05, 0) is 47.9 Å². The third-order valence-corrected chi connectivity index (χ3v) is 4.27. The average Bonchev–Trinajstić information content (AvgIpc) is 2.83. The van der Waals surface area contributed by atoms with Gasteiger partial charge in [0.25, 0.3) is 0 Å². The number of hydrogen-bond donors (Lipinski definition) is 1. The van der Waals surface area contributed by atoms with Crippen molar-refractivity contribution in [3.8, 4) is 0 Å². The molecule has 0 spiro atoms. The normalized spacial score (nSPS) is 17.5. The number of hydrogen-bond acceptors (Lipinski definition) is 1. The smallest absolute Gasteiger partial charge is 0.378 e. The maximum atomic E-state index is 12.7. The standard InChI is InChI=1S/C15H10Cl2F3N/c16-11-3-1-8(6-12(11)17)14-7-9-5-10(15(18,19)20)2-4-13(9)21-14/h1-6,14,21H,7H2. The molecule has 0 fully saturated rings. The van der Waals surface area contributed by atoms with Gasteiger partial charge >= 0.3 is 6.18 Å². The summed E-state index contributed by atoms with van der Waals surface area (Å²) >= 11 is 11.9. The first-order chi connectivity index (χ1) is 9.84. The predicted molar refractivity (Wildman–Crippen MR) is 78.0 cm³/mol. The number of rotatable bonds is 1. The Kier molecular flexibility index (Phi) is 3.54. The van der Waals surface area contributed by atoms with E-state index in [1.54, 1.807) is 12.1 Å². The summed E-state index contributed by atoms with van der Waals surface area (Å²) in [5.41, 5.74) is 1.65. The molecule has 2 aromatic carbocycles. The Labute approximate surface area is 129 Å². The molecule has 1 unspecified atom stereocenters. The van der Waals surface area contributed by atoms with E-state index in [2.05, 4.69) is 5.32 Å². The SMILES string of the molecule is FC(F)(F)c1ccc2c(c1)CC(c1ccc(Cl)c(Cl)c1)N2. The Morgan fingerprint density at radius 2 is 1.76 bits per heavy atom. The van der Waals surface area contributed by atoms with Gasteiger partial charge in [0, 0.05) is 5.69 Å². The fourth-order valence-corrected chi connectivity index (χ4v) is 2.78. The lowest BCUT2D eigenvalue weighted by Crippen LogP contribution is -2.05. The largest absolute Gasteiger partial charge is 0.416 e. The van der Waals surface area contributed by atoms with Crippen LogP contribution in [0.1, 0.15) is 22.7 Å². The Morgan fingerprint density at radius 1 is 1.00 bits per heavy atom. The molecule has 1 heterocycles. The molecule has 3 rings (SSSR count). The van der Waals surface area contributed by atoms with E-state index in [9.17, 15) is 13.2 Å². The monoisotopic (exact) mass is 331 g/mol.